The van der Waals surface area contributed by atoms with Crippen LogP contribution in [0.4, 0.5) is 0 Å². The number of nitrogens with zero attached hydrogens (tertiary/aromatic N) is 2. The number of carbonyl (C=O) groups excluding carboxylic acids is 1. The van der Waals surface area contributed by atoms with Crippen LogP contribution in [0.2, 0.25) is 0 Å². The minimum Gasteiger partial charge on any atom is -0.497 e. The van der Waals surface area contributed by atoms with Crippen molar-refractivity contribution >= 4 is 22.8 Å². The van der Waals surface area contributed by atoms with Gasteiger partial charge in [0, 0.05) is 6.42 Å². The molecule has 0 aliphatic rings. The van der Waals surface area contributed by atoms with Crippen LogP contribution in [0.15, 0.2) is 30.3 Å². The third kappa shape index (κ3) is 2.92. The van der Waals surface area contributed by atoms with Gasteiger partial charge in [-0.1, -0.05) is 18.2 Å². The molecule has 0 amide bonds. The molecule has 0 N–H and O–H groups in total. The molecule has 4 heteroatoms. The Bertz CT molecular complexity index is 701. The Morgan fingerprint density at radius 3 is 2.80 bits per heavy atom. The minimum atomic E-state index is -0.183. The van der Waals surface area contributed by atoms with Crippen LogP contribution in [0.25, 0.3) is 16.3 Å². The van der Waals surface area contributed by atoms with Gasteiger partial charge in [-0.2, -0.15) is 4.79 Å². The number of carbonyl (C=O) groups is 1. The van der Waals surface area contributed by atoms with Crippen LogP contribution in [-0.2, 0) is 11.2 Å². The van der Waals surface area contributed by atoms with E-state index in [4.69, 9.17) is 10.3 Å². The van der Waals surface area contributed by atoms with E-state index < -0.39 is 0 Å². The standard InChI is InChI=1S/C16H16N2O2/c1-11-12(5-7-14(19)10-18-17)3-4-13-6-8-15(20-2)9-16(11)13/h3-4,6,8-10H,5,7H2,1-2H3. The summed E-state index contributed by atoms with van der Waals surface area (Å²) in [7, 11) is 1.65. The zero-order valence-corrected chi connectivity index (χ0v) is 11.6. The number of hydrogen-bond acceptors (Lipinski definition) is 2. The molecule has 20 heavy (non-hydrogen) atoms. The summed E-state index contributed by atoms with van der Waals surface area (Å²) in [5, 5.41) is 2.28. The molecule has 0 unspecified atom stereocenters. The number of fused-ring (bicyclic) bond motifs is 1. The largest absolute Gasteiger partial charge is 0.497 e. The maximum Gasteiger partial charge on any atom is 0.323 e. The van der Waals surface area contributed by atoms with Crippen molar-refractivity contribution in [2.75, 3.05) is 7.11 Å². The molecule has 0 bridgehead atoms. The Kier molecular flexibility index (Phi) is 4.28. The van der Waals surface area contributed by atoms with Gasteiger partial charge >= 0.3 is 6.21 Å². The highest BCUT2D eigenvalue weighted by molar-refractivity contribution is 6.25. The molecule has 0 aliphatic carbocycles. The van der Waals surface area contributed by atoms with Crippen molar-refractivity contribution < 1.29 is 14.3 Å². The molecule has 102 valence electrons. The van der Waals surface area contributed by atoms with Crippen LogP contribution in [-0.4, -0.2) is 23.9 Å². The number of ether oxygens (including phenoxy) is 1. The molecule has 2 rings (SSSR count). The lowest BCUT2D eigenvalue weighted by Crippen LogP contribution is -2.03. The van der Waals surface area contributed by atoms with Crippen molar-refractivity contribution in [3.63, 3.8) is 0 Å². The maximum absolute atomic E-state index is 11.4. The van der Waals surface area contributed by atoms with Crippen LogP contribution in [0.5, 0.6) is 5.75 Å². The Hall–Kier alpha value is -2.45. The highest BCUT2D eigenvalue weighted by atomic mass is 16.5. The highest BCUT2D eigenvalue weighted by Gasteiger charge is 2.08. The first-order valence-electron chi connectivity index (χ1n) is 6.42. The Morgan fingerprint density at radius 2 is 2.10 bits per heavy atom. The number of ketones is 1. The predicted molar refractivity (Wildman–Crippen MR) is 78.2 cm³/mol. The summed E-state index contributed by atoms with van der Waals surface area (Å²) >= 11 is 0. The Balaban J connectivity index is 2.32. The first-order valence-corrected chi connectivity index (χ1v) is 6.42. The zero-order chi connectivity index (χ0) is 14.5. The Morgan fingerprint density at radius 1 is 1.35 bits per heavy atom. The average molecular weight is 268 g/mol. The van der Waals surface area contributed by atoms with Crippen molar-refractivity contribution in [2.45, 2.75) is 19.8 Å². The van der Waals surface area contributed by atoms with Gasteiger partial charge in [0.1, 0.15) is 5.75 Å². The highest BCUT2D eigenvalue weighted by Crippen LogP contribution is 2.26. The third-order valence-corrected chi connectivity index (χ3v) is 3.45. The smallest absolute Gasteiger partial charge is 0.323 e. The summed E-state index contributed by atoms with van der Waals surface area (Å²) in [4.78, 5) is 14.1. The summed E-state index contributed by atoms with van der Waals surface area (Å²) in [5.41, 5.74) is 10.6. The average Bonchev–Trinajstić information content (AvgIpc) is 2.46. The SMILES string of the molecule is COc1ccc2ccc(CCC(=O)C=[N+]=[N-])c(C)c2c1. The molecule has 2 aromatic rings. The predicted octanol–water partition coefficient (Wildman–Crippen LogP) is 2.96. The van der Waals surface area contributed by atoms with E-state index in [0.717, 1.165) is 33.9 Å². The fraction of sp³-hybridized carbons (Fsp3) is 0.250. The lowest BCUT2D eigenvalue weighted by atomic mass is 9.96. The first-order chi connectivity index (χ1) is 9.65. The number of aryl methyl sites for hydroxylation is 2. The van der Waals surface area contributed by atoms with Gasteiger partial charge in [-0.3, -0.25) is 4.79 Å². The molecule has 0 heterocycles. The molecular formula is C16H16N2O2. The van der Waals surface area contributed by atoms with Gasteiger partial charge in [-0.15, -0.1) is 0 Å². The fourth-order valence-corrected chi connectivity index (χ4v) is 2.28. The van der Waals surface area contributed by atoms with Crippen molar-refractivity contribution in [2.24, 2.45) is 0 Å². The van der Waals surface area contributed by atoms with Gasteiger partial charge in [0.25, 0.3) is 0 Å². The topological polar surface area (TPSA) is 62.7 Å². The van der Waals surface area contributed by atoms with Gasteiger partial charge in [0.05, 0.1) is 7.11 Å². The molecular weight excluding hydrogens is 252 g/mol. The number of benzene rings is 2. The molecule has 0 spiro atoms. The van der Waals surface area contributed by atoms with E-state index in [0.29, 0.717) is 12.8 Å². The van der Waals surface area contributed by atoms with Crippen LogP contribution in [0, 0.1) is 6.92 Å². The molecule has 0 saturated heterocycles. The fourth-order valence-electron chi connectivity index (χ4n) is 2.28. The van der Waals surface area contributed by atoms with E-state index in [1.807, 2.05) is 37.3 Å². The quantitative estimate of drug-likeness (QED) is 0.475. The van der Waals surface area contributed by atoms with E-state index in [9.17, 15) is 4.79 Å². The molecule has 0 atom stereocenters. The number of methoxy groups -OCH3 is 1. The molecule has 0 aromatic heterocycles. The van der Waals surface area contributed by atoms with Gasteiger partial charge in [0.2, 0.25) is 5.78 Å². The molecule has 0 radical (unpaired) electrons. The maximum atomic E-state index is 11.4. The number of rotatable bonds is 5. The second-order valence-corrected chi connectivity index (χ2v) is 4.65. The Labute approximate surface area is 117 Å². The van der Waals surface area contributed by atoms with Crippen LogP contribution < -0.4 is 4.74 Å². The van der Waals surface area contributed by atoms with E-state index in [2.05, 4.69) is 4.79 Å². The normalized spacial score (nSPS) is 10.1. The van der Waals surface area contributed by atoms with E-state index in [1.165, 1.54) is 0 Å². The second-order valence-electron chi connectivity index (χ2n) is 4.65. The molecule has 0 aliphatic heterocycles. The summed E-state index contributed by atoms with van der Waals surface area (Å²) in [5.74, 6) is 0.638. The van der Waals surface area contributed by atoms with Gasteiger partial charge in [0.15, 0.2) is 0 Å². The first kappa shape index (κ1) is 14.0. The van der Waals surface area contributed by atoms with Crippen LogP contribution in [0.3, 0.4) is 0 Å². The molecule has 2 aromatic carbocycles. The van der Waals surface area contributed by atoms with Crippen molar-refractivity contribution in [3.8, 4) is 5.75 Å². The third-order valence-electron chi connectivity index (χ3n) is 3.45. The minimum absolute atomic E-state index is 0.183. The molecule has 0 saturated carbocycles. The number of hydrogen-bond donors (Lipinski definition) is 0. The van der Waals surface area contributed by atoms with Gasteiger partial charge in [-0.25, -0.2) is 0 Å². The lowest BCUT2D eigenvalue weighted by molar-refractivity contribution is -0.116. The molecule has 4 nitrogen and oxygen atoms in total. The van der Waals surface area contributed by atoms with Crippen molar-refractivity contribution in [3.05, 3.63) is 47.0 Å². The van der Waals surface area contributed by atoms with Crippen molar-refractivity contribution in [1.82, 2.24) is 0 Å². The summed E-state index contributed by atoms with van der Waals surface area (Å²) in [6.07, 6.45) is 1.91. The zero-order valence-electron chi connectivity index (χ0n) is 11.6. The summed E-state index contributed by atoms with van der Waals surface area (Å²) < 4.78 is 5.25. The van der Waals surface area contributed by atoms with Crippen molar-refractivity contribution in [1.29, 1.82) is 0 Å². The van der Waals surface area contributed by atoms with E-state index in [1.54, 1.807) is 7.11 Å². The second kappa shape index (κ2) is 6.13. The van der Waals surface area contributed by atoms with E-state index >= 15 is 0 Å². The van der Waals surface area contributed by atoms with Crippen LogP contribution >= 0.6 is 0 Å². The summed E-state index contributed by atoms with van der Waals surface area (Å²) in [6.45, 7) is 2.04. The monoisotopic (exact) mass is 268 g/mol. The summed E-state index contributed by atoms with van der Waals surface area (Å²) in [6, 6.07) is 10.0. The van der Waals surface area contributed by atoms with Gasteiger partial charge < -0.3 is 10.3 Å². The van der Waals surface area contributed by atoms with Gasteiger partial charge in [-0.05, 0) is 47.4 Å². The lowest BCUT2D eigenvalue weighted by Gasteiger charge is -2.10. The van der Waals surface area contributed by atoms with Crippen LogP contribution in [0.1, 0.15) is 17.5 Å². The number of Topliss-reactive ketones (excluding diaryl/α,β-unsaturated/α-hetero) is 1. The molecule has 0 fully saturated rings. The van der Waals surface area contributed by atoms with E-state index in [-0.39, 0.29) is 5.78 Å².